The average molecular weight is 346 g/mol. The molecule has 0 atom stereocenters. The zero-order valence-electron chi connectivity index (χ0n) is 14.1. The molecular weight excluding hydrogens is 324 g/mol. The number of unbranched alkanes of at least 4 members (excludes halogenated alkanes) is 1. The van der Waals surface area contributed by atoms with Crippen molar-refractivity contribution in [2.45, 2.75) is 33.6 Å². The van der Waals surface area contributed by atoms with Gasteiger partial charge in [-0.1, -0.05) is 13.3 Å². The van der Waals surface area contributed by atoms with Crippen molar-refractivity contribution in [3.05, 3.63) is 34.8 Å². The fourth-order valence-electron chi connectivity index (χ4n) is 2.13. The summed E-state index contributed by atoms with van der Waals surface area (Å²) in [4.78, 5) is 29.1. The minimum absolute atomic E-state index is 0.221. The Labute approximate surface area is 145 Å². The van der Waals surface area contributed by atoms with Gasteiger partial charge in [0.15, 0.2) is 5.13 Å². The standard InChI is InChI=1S/C17H22N4O2S/c1-4-5-8-18-13-6-7-15(20-12(3)22)14(9-13)16(23)21-17-19-10-11(2)24-17/h6-7,9-10,18H,4-5,8H2,1-3H3,(H,20,22)(H,19,21,23). The highest BCUT2D eigenvalue weighted by atomic mass is 32.1. The summed E-state index contributed by atoms with van der Waals surface area (Å²) in [6.45, 7) is 6.30. The van der Waals surface area contributed by atoms with Crippen LogP contribution in [-0.4, -0.2) is 23.3 Å². The third-order valence-corrected chi connectivity index (χ3v) is 4.10. The fraction of sp³-hybridized carbons (Fsp3) is 0.353. The van der Waals surface area contributed by atoms with E-state index >= 15 is 0 Å². The Morgan fingerprint density at radius 2 is 2.04 bits per heavy atom. The molecule has 0 spiro atoms. The average Bonchev–Trinajstić information content (AvgIpc) is 2.93. The van der Waals surface area contributed by atoms with Gasteiger partial charge >= 0.3 is 0 Å². The number of aryl methyl sites for hydroxylation is 1. The maximum absolute atomic E-state index is 12.6. The number of carbonyl (C=O) groups excluding carboxylic acids is 2. The van der Waals surface area contributed by atoms with Gasteiger partial charge in [0.05, 0.1) is 11.3 Å². The second-order valence-electron chi connectivity index (χ2n) is 5.45. The van der Waals surface area contributed by atoms with Crippen LogP contribution in [0.1, 0.15) is 41.9 Å². The SMILES string of the molecule is CCCCNc1ccc(NC(C)=O)c(C(=O)Nc2ncc(C)s2)c1. The predicted molar refractivity (Wildman–Crippen MR) is 98.9 cm³/mol. The van der Waals surface area contributed by atoms with Crippen molar-refractivity contribution >= 4 is 39.7 Å². The second-order valence-corrected chi connectivity index (χ2v) is 6.69. The number of nitrogens with zero attached hydrogens (tertiary/aromatic N) is 1. The zero-order valence-corrected chi connectivity index (χ0v) is 14.9. The lowest BCUT2D eigenvalue weighted by atomic mass is 10.1. The summed E-state index contributed by atoms with van der Waals surface area (Å²) in [5.74, 6) is -0.520. The van der Waals surface area contributed by atoms with E-state index in [1.54, 1.807) is 18.3 Å². The van der Waals surface area contributed by atoms with Crippen LogP contribution in [0.25, 0.3) is 0 Å². The molecule has 0 aliphatic heterocycles. The topological polar surface area (TPSA) is 83.1 Å². The number of benzene rings is 1. The van der Waals surface area contributed by atoms with Gasteiger partial charge in [0, 0.05) is 30.2 Å². The van der Waals surface area contributed by atoms with E-state index in [0.29, 0.717) is 16.4 Å². The molecule has 0 saturated heterocycles. The number of anilines is 3. The van der Waals surface area contributed by atoms with Crippen LogP contribution in [0, 0.1) is 6.92 Å². The number of carbonyl (C=O) groups is 2. The largest absolute Gasteiger partial charge is 0.385 e. The number of hydrogen-bond donors (Lipinski definition) is 3. The third kappa shape index (κ3) is 5.06. The van der Waals surface area contributed by atoms with Crippen LogP contribution in [0.2, 0.25) is 0 Å². The molecular formula is C17H22N4O2S. The van der Waals surface area contributed by atoms with Gasteiger partial charge in [-0.25, -0.2) is 4.98 Å². The summed E-state index contributed by atoms with van der Waals surface area (Å²) >= 11 is 1.41. The third-order valence-electron chi connectivity index (χ3n) is 3.28. The smallest absolute Gasteiger partial charge is 0.259 e. The van der Waals surface area contributed by atoms with E-state index in [0.717, 1.165) is 30.0 Å². The first kappa shape index (κ1) is 17.9. The highest BCUT2D eigenvalue weighted by Crippen LogP contribution is 2.24. The Morgan fingerprint density at radius 3 is 2.67 bits per heavy atom. The molecule has 0 bridgehead atoms. The van der Waals surface area contributed by atoms with E-state index < -0.39 is 0 Å². The summed E-state index contributed by atoms with van der Waals surface area (Å²) in [5, 5.41) is 9.29. The van der Waals surface area contributed by atoms with Crippen molar-refractivity contribution in [2.75, 3.05) is 22.5 Å². The molecule has 2 rings (SSSR count). The molecule has 6 nitrogen and oxygen atoms in total. The van der Waals surface area contributed by atoms with Crippen LogP contribution >= 0.6 is 11.3 Å². The van der Waals surface area contributed by atoms with Gasteiger partial charge in [-0.3, -0.25) is 14.9 Å². The molecule has 1 aromatic heterocycles. The van der Waals surface area contributed by atoms with Crippen LogP contribution in [0.15, 0.2) is 24.4 Å². The van der Waals surface area contributed by atoms with E-state index in [4.69, 9.17) is 0 Å². The Hall–Kier alpha value is -2.41. The molecule has 0 aliphatic rings. The van der Waals surface area contributed by atoms with Crippen LogP contribution in [0.4, 0.5) is 16.5 Å². The molecule has 1 heterocycles. The summed E-state index contributed by atoms with van der Waals surface area (Å²) in [6, 6.07) is 5.33. The van der Waals surface area contributed by atoms with E-state index in [2.05, 4.69) is 27.9 Å². The van der Waals surface area contributed by atoms with E-state index in [9.17, 15) is 9.59 Å². The van der Waals surface area contributed by atoms with Gasteiger partial charge in [-0.2, -0.15) is 0 Å². The first-order chi connectivity index (χ1) is 11.5. The predicted octanol–water partition coefficient (Wildman–Crippen LogP) is 3.87. The molecule has 3 N–H and O–H groups in total. The lowest BCUT2D eigenvalue weighted by molar-refractivity contribution is -0.114. The Balaban J connectivity index is 2.22. The van der Waals surface area contributed by atoms with Crippen LogP contribution < -0.4 is 16.0 Å². The highest BCUT2D eigenvalue weighted by molar-refractivity contribution is 7.15. The van der Waals surface area contributed by atoms with Gasteiger partial charge in [0.2, 0.25) is 5.91 Å². The molecule has 0 fully saturated rings. The Kier molecular flexibility index (Phi) is 6.31. The maximum Gasteiger partial charge on any atom is 0.259 e. The first-order valence-electron chi connectivity index (χ1n) is 7.89. The van der Waals surface area contributed by atoms with Gasteiger partial charge in [-0.05, 0) is 31.5 Å². The molecule has 0 radical (unpaired) electrons. The number of amides is 2. The lowest BCUT2D eigenvalue weighted by Gasteiger charge is -2.13. The number of hydrogen-bond acceptors (Lipinski definition) is 5. The molecule has 0 aliphatic carbocycles. The zero-order chi connectivity index (χ0) is 17.5. The summed E-state index contributed by atoms with van der Waals surface area (Å²) < 4.78 is 0. The van der Waals surface area contributed by atoms with Gasteiger partial charge in [-0.15, -0.1) is 11.3 Å². The Bertz CT molecular complexity index is 727. The Morgan fingerprint density at radius 1 is 1.25 bits per heavy atom. The van der Waals surface area contributed by atoms with Gasteiger partial charge < -0.3 is 10.6 Å². The second kappa shape index (κ2) is 8.44. The van der Waals surface area contributed by atoms with Crippen molar-refractivity contribution in [3.8, 4) is 0 Å². The molecule has 0 saturated carbocycles. The molecule has 128 valence electrons. The van der Waals surface area contributed by atoms with Crippen LogP contribution in [-0.2, 0) is 4.79 Å². The summed E-state index contributed by atoms with van der Waals surface area (Å²) in [5.41, 5.74) is 1.73. The minimum atomic E-state index is -0.299. The van der Waals surface area contributed by atoms with Crippen LogP contribution in [0.5, 0.6) is 0 Å². The molecule has 0 unspecified atom stereocenters. The molecule has 24 heavy (non-hydrogen) atoms. The van der Waals surface area contributed by atoms with Gasteiger partial charge in [0.1, 0.15) is 0 Å². The van der Waals surface area contributed by atoms with E-state index in [1.807, 2.05) is 13.0 Å². The molecule has 1 aromatic carbocycles. The lowest BCUT2D eigenvalue weighted by Crippen LogP contribution is -2.17. The fourth-order valence-corrected chi connectivity index (χ4v) is 2.79. The number of nitrogens with one attached hydrogen (secondary N) is 3. The molecule has 2 amide bonds. The van der Waals surface area contributed by atoms with Crippen molar-refractivity contribution < 1.29 is 9.59 Å². The molecule has 7 heteroatoms. The minimum Gasteiger partial charge on any atom is -0.385 e. The highest BCUT2D eigenvalue weighted by Gasteiger charge is 2.15. The summed E-state index contributed by atoms with van der Waals surface area (Å²) in [7, 11) is 0. The van der Waals surface area contributed by atoms with Gasteiger partial charge in [0.25, 0.3) is 5.91 Å². The van der Waals surface area contributed by atoms with E-state index in [1.165, 1.54) is 18.3 Å². The van der Waals surface area contributed by atoms with Crippen LogP contribution in [0.3, 0.4) is 0 Å². The number of aromatic nitrogens is 1. The number of rotatable bonds is 7. The maximum atomic E-state index is 12.6. The summed E-state index contributed by atoms with van der Waals surface area (Å²) in [6.07, 6.45) is 3.85. The normalized spacial score (nSPS) is 10.3. The number of thiazole rings is 1. The van der Waals surface area contributed by atoms with Crippen molar-refractivity contribution in [2.24, 2.45) is 0 Å². The monoisotopic (exact) mass is 346 g/mol. The van der Waals surface area contributed by atoms with E-state index in [-0.39, 0.29) is 11.8 Å². The van der Waals surface area contributed by atoms with Crippen molar-refractivity contribution in [1.82, 2.24) is 4.98 Å². The van der Waals surface area contributed by atoms with Crippen molar-refractivity contribution in [3.63, 3.8) is 0 Å². The first-order valence-corrected chi connectivity index (χ1v) is 8.70. The quantitative estimate of drug-likeness (QED) is 0.665. The van der Waals surface area contributed by atoms with Crippen molar-refractivity contribution in [1.29, 1.82) is 0 Å². The molecule has 2 aromatic rings.